The number of phosphoric acid groups is 2. The second-order valence-electron chi connectivity index (χ2n) is 1.80. The molecule has 0 aromatic carbocycles. The van der Waals surface area contributed by atoms with Crippen molar-refractivity contribution in [3.63, 3.8) is 0 Å². The Kier molecular flexibility index (Phi) is 43.0. The zero-order valence-corrected chi connectivity index (χ0v) is 17.6. The fourth-order valence-corrected chi connectivity index (χ4v) is 0. The summed E-state index contributed by atoms with van der Waals surface area (Å²) in [6, 6.07) is 0. The van der Waals surface area contributed by atoms with Gasteiger partial charge in [0.05, 0.1) is 0 Å². The van der Waals surface area contributed by atoms with Crippen molar-refractivity contribution in [2.45, 2.75) is 13.8 Å². The monoisotopic (exact) mass is 368 g/mol. The summed E-state index contributed by atoms with van der Waals surface area (Å²) in [6.07, 6.45) is 0. The Hall–Kier alpha value is 3.67. The normalized spacial score (nSPS) is 8.47. The summed E-state index contributed by atoms with van der Waals surface area (Å²) >= 11 is 0. The molecule has 0 N–H and O–H groups in total. The van der Waals surface area contributed by atoms with Crippen LogP contribution >= 0.6 is 15.6 Å². The number of carbonyl (C=O) groups excluding carboxylic acids is 1. The molecule has 0 aromatic heterocycles. The first-order valence-electron chi connectivity index (χ1n) is 2.66. The van der Waals surface area contributed by atoms with Gasteiger partial charge < -0.3 is 43.3 Å². The molecule has 0 fully saturated rings. The predicted octanol–water partition coefficient (Wildman–Crippen LogP) is -6.20. The first-order valence-corrected chi connectivity index (χ1v) is 5.59. The number of hydrogen-bond donors (Lipinski definition) is 0. The molecule has 0 aliphatic rings. The SMILES string of the molecule is CC(C)=O.O=P([O-])([O-])[O-].O=P([O-])([O-])[O-].[Ca+2].[Ca+2].[Ca+2]. The maximum absolute atomic E-state index is 9.44. The Morgan fingerprint density at radius 2 is 0.706 bits per heavy atom. The van der Waals surface area contributed by atoms with Gasteiger partial charge in [-0.15, -0.1) is 0 Å². The third-order valence-corrected chi connectivity index (χ3v) is 0. The van der Waals surface area contributed by atoms with E-state index in [1.807, 2.05) is 0 Å². The van der Waals surface area contributed by atoms with Gasteiger partial charge in [-0.3, -0.25) is 0 Å². The minimum absolute atomic E-state index is 0. The van der Waals surface area contributed by atoms with Crippen LogP contribution in [0, 0.1) is 0 Å². The quantitative estimate of drug-likeness (QED) is 0.296. The van der Waals surface area contributed by atoms with Crippen LogP contribution in [0.25, 0.3) is 0 Å². The molecule has 0 aliphatic carbocycles. The van der Waals surface area contributed by atoms with Gasteiger partial charge in [0.2, 0.25) is 0 Å². The molecule has 0 radical (unpaired) electrons. The maximum atomic E-state index is 9.44. The van der Waals surface area contributed by atoms with Gasteiger partial charge in [0, 0.05) is 0 Å². The summed E-state index contributed by atoms with van der Waals surface area (Å²) in [4.78, 5) is 60.7. The molecule has 0 heterocycles. The fraction of sp³-hybridized carbons (Fsp3) is 0.667. The second kappa shape index (κ2) is 19.7. The number of carbonyl (C=O) groups is 1. The Bertz CT molecular complexity index is 205. The molecule has 0 atom stereocenters. The first kappa shape index (κ1) is 37.2. The van der Waals surface area contributed by atoms with Crippen LogP contribution in [0.15, 0.2) is 0 Å². The van der Waals surface area contributed by atoms with Crippen LogP contribution in [-0.2, 0) is 13.9 Å². The van der Waals surface area contributed by atoms with Crippen LogP contribution in [-0.4, -0.2) is 119 Å². The van der Waals surface area contributed by atoms with Gasteiger partial charge in [-0.25, -0.2) is 0 Å². The van der Waals surface area contributed by atoms with E-state index < -0.39 is 15.6 Å². The summed E-state index contributed by atoms with van der Waals surface area (Å²) in [5.74, 6) is 0.167. The van der Waals surface area contributed by atoms with Gasteiger partial charge in [0.15, 0.2) is 0 Å². The van der Waals surface area contributed by atoms with E-state index >= 15 is 0 Å². The topological polar surface area (TPSA) is 190 Å². The van der Waals surface area contributed by atoms with Crippen molar-refractivity contribution >= 4 is 135 Å². The van der Waals surface area contributed by atoms with E-state index in [-0.39, 0.29) is 119 Å². The van der Waals surface area contributed by atoms with Crippen molar-refractivity contribution < 1.29 is 43.3 Å². The van der Waals surface area contributed by atoms with E-state index in [1.165, 1.54) is 13.8 Å². The van der Waals surface area contributed by atoms with E-state index in [2.05, 4.69) is 0 Å². The van der Waals surface area contributed by atoms with E-state index in [9.17, 15) is 4.79 Å². The molecule has 0 amide bonds. The Morgan fingerprint density at radius 3 is 0.706 bits per heavy atom. The van der Waals surface area contributed by atoms with Crippen LogP contribution < -0.4 is 29.4 Å². The van der Waals surface area contributed by atoms with Gasteiger partial charge in [0.1, 0.15) is 5.78 Å². The minimum atomic E-state index is -5.39. The smallest absolute Gasteiger partial charge is 0.822 e. The van der Waals surface area contributed by atoms with Crippen LogP contribution in [0.4, 0.5) is 0 Å². The summed E-state index contributed by atoms with van der Waals surface area (Å²) in [6.45, 7) is 3.06. The molecule has 0 unspecified atom stereocenters. The molecule has 0 spiro atoms. The average molecular weight is 368 g/mol. The van der Waals surface area contributed by atoms with E-state index in [0.717, 1.165) is 0 Å². The molecule has 0 saturated carbocycles. The molecule has 17 heavy (non-hydrogen) atoms. The standard InChI is InChI=1S/C3H6O.3Ca.2H3O4P/c1-3(2)4;;;;2*1-5(2,3)4/h1-2H3;;;;2*(H3,1,2,3,4)/q;3*+2;;/p-6. The van der Waals surface area contributed by atoms with Crippen molar-refractivity contribution in [1.82, 2.24) is 0 Å². The zero-order valence-electron chi connectivity index (χ0n) is 9.19. The minimum Gasteiger partial charge on any atom is -0.822 e. The van der Waals surface area contributed by atoms with E-state index in [1.54, 1.807) is 0 Å². The number of rotatable bonds is 0. The summed E-state index contributed by atoms with van der Waals surface area (Å²) in [5, 5.41) is 0. The molecule has 0 aromatic rings. The van der Waals surface area contributed by atoms with Crippen molar-refractivity contribution in [2.75, 3.05) is 0 Å². The third-order valence-electron chi connectivity index (χ3n) is 0. The summed E-state index contributed by atoms with van der Waals surface area (Å²) < 4.78 is 17.1. The molecular formula is C3H6Ca3O9P2. The number of hydrogen-bond acceptors (Lipinski definition) is 9. The average Bonchev–Trinajstić information content (AvgIpc) is 1.45. The van der Waals surface area contributed by atoms with Gasteiger partial charge in [-0.1, -0.05) is 0 Å². The molecule has 9 nitrogen and oxygen atoms in total. The third kappa shape index (κ3) is 456. The number of Topliss-reactive ketones (excluding diaryl/α,β-unsaturated/α-hetero) is 1. The Balaban J connectivity index is -0.0000000247. The molecule has 0 rings (SSSR count). The molecule has 0 bridgehead atoms. The van der Waals surface area contributed by atoms with Gasteiger partial charge in [-0.05, 0) is 13.8 Å². The van der Waals surface area contributed by atoms with Crippen molar-refractivity contribution in [3.8, 4) is 0 Å². The fourth-order valence-electron chi connectivity index (χ4n) is 0. The second-order valence-corrected chi connectivity index (χ2v) is 3.59. The van der Waals surface area contributed by atoms with Crippen LogP contribution in [0.1, 0.15) is 13.8 Å². The van der Waals surface area contributed by atoms with Gasteiger partial charge in [0.25, 0.3) is 0 Å². The predicted molar refractivity (Wildman–Crippen MR) is 48.8 cm³/mol. The van der Waals surface area contributed by atoms with Crippen molar-refractivity contribution in [3.05, 3.63) is 0 Å². The first-order chi connectivity index (χ1) is 5.73. The van der Waals surface area contributed by atoms with E-state index in [4.69, 9.17) is 38.5 Å². The molecule has 14 heteroatoms. The molecular weight excluding hydrogens is 362 g/mol. The van der Waals surface area contributed by atoms with Crippen LogP contribution in [0.2, 0.25) is 0 Å². The molecule has 88 valence electrons. The maximum Gasteiger partial charge on any atom is 2.00 e. The molecule has 0 saturated heterocycles. The Labute approximate surface area is 188 Å². The number of ketones is 1. The van der Waals surface area contributed by atoms with E-state index in [0.29, 0.717) is 0 Å². The summed E-state index contributed by atoms with van der Waals surface area (Å²) in [5.41, 5.74) is 0. The molecule has 0 aliphatic heterocycles. The zero-order chi connectivity index (χ0) is 12.6. The Morgan fingerprint density at radius 1 is 0.706 bits per heavy atom. The van der Waals surface area contributed by atoms with Crippen LogP contribution in [0.3, 0.4) is 0 Å². The van der Waals surface area contributed by atoms with Crippen molar-refractivity contribution in [1.29, 1.82) is 0 Å². The van der Waals surface area contributed by atoms with Gasteiger partial charge in [-0.2, -0.15) is 15.6 Å². The van der Waals surface area contributed by atoms with Crippen molar-refractivity contribution in [2.24, 2.45) is 0 Å². The van der Waals surface area contributed by atoms with Gasteiger partial charge >= 0.3 is 113 Å². The summed E-state index contributed by atoms with van der Waals surface area (Å²) in [7, 11) is -10.8. The largest absolute Gasteiger partial charge is 2.00 e. The van der Waals surface area contributed by atoms with Crippen LogP contribution in [0.5, 0.6) is 0 Å².